The van der Waals surface area contributed by atoms with Crippen molar-refractivity contribution >= 4 is 71.0 Å². The van der Waals surface area contributed by atoms with E-state index in [0.29, 0.717) is 17.4 Å². The van der Waals surface area contributed by atoms with E-state index < -0.39 is 69.2 Å². The fraction of sp³-hybridized carbons (Fsp3) is 0.0312. The van der Waals surface area contributed by atoms with E-state index in [0.717, 1.165) is 48.5 Å². The van der Waals surface area contributed by atoms with Crippen LogP contribution in [0, 0.1) is 17.0 Å². The Hall–Kier alpha value is -5.99. The number of benzene rings is 5. The third kappa shape index (κ3) is 9.58. The first kappa shape index (κ1) is 41.8. The normalized spacial score (nSPS) is 11.7. The van der Waals surface area contributed by atoms with Crippen LogP contribution in [-0.2, 0) is 37.6 Å². The molecule has 23 heteroatoms. The van der Waals surface area contributed by atoms with Crippen LogP contribution in [0.2, 0.25) is 5.02 Å². The van der Waals surface area contributed by atoms with E-state index >= 15 is 0 Å². The van der Waals surface area contributed by atoms with E-state index in [2.05, 4.69) is 25.6 Å². The maximum atomic E-state index is 12.4. The SMILES string of the molecule is Cc1nn(-c2ccccc2)c([O-])c1N=Nc1cc([N+](=O)[O-])ccc1[O-].O=S(=O)([O-])c1cc(S(=O)(=O)[O-])c2c(N=Nc3cc(Cl)ccc3[O-])c([O-])ccc2c1.[Cr+3].[H+].[H+].[H+]. The molecular weight excluding hydrogens is 826 g/mol. The molecule has 0 aliphatic rings. The molecule has 0 N–H and O–H groups in total. The van der Waals surface area contributed by atoms with Gasteiger partial charge in [0.15, 0.2) is 0 Å². The monoisotopic (exact) mass is 846 g/mol. The Morgan fingerprint density at radius 2 is 1.31 bits per heavy atom. The number of aryl methyl sites for hydroxylation is 1. The summed E-state index contributed by atoms with van der Waals surface area (Å²) in [7, 11) is -10.4. The van der Waals surface area contributed by atoms with E-state index in [1.807, 2.05) is 6.07 Å². The van der Waals surface area contributed by atoms with Gasteiger partial charge in [-0.15, -0.1) is 5.11 Å². The van der Waals surface area contributed by atoms with Crippen molar-refractivity contribution in [2.24, 2.45) is 20.5 Å². The number of nitro benzene ring substituents is 1. The van der Waals surface area contributed by atoms with Gasteiger partial charge in [-0.05, 0) is 48.7 Å². The Morgan fingerprint density at radius 1 is 0.727 bits per heavy atom. The zero-order valence-corrected chi connectivity index (χ0v) is 31.0. The molecule has 1 radical (unpaired) electrons. The van der Waals surface area contributed by atoms with Crippen molar-refractivity contribution in [2.45, 2.75) is 16.7 Å². The molecule has 0 amide bonds. The first-order chi connectivity index (χ1) is 25.3. The third-order valence-corrected chi connectivity index (χ3v) is 9.04. The Labute approximate surface area is 330 Å². The number of nitrogens with zero attached hydrogens (tertiary/aromatic N) is 7. The molecule has 0 unspecified atom stereocenters. The van der Waals surface area contributed by atoms with Crippen molar-refractivity contribution in [1.82, 2.24) is 9.78 Å². The zero-order chi connectivity index (χ0) is 39.5. The van der Waals surface area contributed by atoms with Gasteiger partial charge >= 0.3 is 21.6 Å². The summed E-state index contributed by atoms with van der Waals surface area (Å²) < 4.78 is 70.0. The van der Waals surface area contributed by atoms with Crippen molar-refractivity contribution in [3.63, 3.8) is 0 Å². The van der Waals surface area contributed by atoms with Crippen LogP contribution in [0.4, 0.5) is 28.4 Å². The predicted octanol–water partition coefficient (Wildman–Crippen LogP) is 4.85. The summed E-state index contributed by atoms with van der Waals surface area (Å²) >= 11 is 5.76. The number of hydrogen-bond donors (Lipinski definition) is 0. The van der Waals surface area contributed by atoms with Crippen LogP contribution in [0.25, 0.3) is 16.5 Å². The van der Waals surface area contributed by atoms with Gasteiger partial charge in [-0.3, -0.25) is 10.1 Å². The van der Waals surface area contributed by atoms with Crippen LogP contribution in [0.15, 0.2) is 121 Å². The summed E-state index contributed by atoms with van der Waals surface area (Å²) in [4.78, 5) is 8.02. The molecule has 6 aromatic rings. The number of para-hydroxylation sites is 1. The standard InChI is InChI=1S/C16H11ClN2O8S2.C16H13N5O4.Cr/c17-9-2-4-12(20)11(6-9)18-19-16-13(21)3-1-8-5-10(28(22,23)24)7-14(15(8)16)29(25,26)27;1-10-15(16(23)20(19-10)11-5-3-2-4-6-11)18-17-13-9-12(21(24)25)7-8-14(13)22;/h1-7,20-21H,(H,22,23,24)(H,25,26,27);2-9,22-23H,1H3;/q;;+3/p-3. The maximum Gasteiger partial charge on any atom is 3.00 e. The minimum absolute atomic E-state index is 0. The average molecular weight is 847 g/mol. The van der Waals surface area contributed by atoms with Crippen molar-refractivity contribution < 1.29 is 72.9 Å². The summed E-state index contributed by atoms with van der Waals surface area (Å²) in [5.41, 5.74) is -0.541. The molecule has 0 bridgehead atoms. The number of nitro groups is 1. The van der Waals surface area contributed by atoms with Crippen molar-refractivity contribution in [2.75, 3.05) is 0 Å². The molecule has 281 valence electrons. The fourth-order valence-electron chi connectivity index (χ4n) is 4.64. The van der Waals surface area contributed by atoms with Gasteiger partial charge < -0.3 is 29.5 Å². The topological polar surface area (TPSA) is 317 Å². The van der Waals surface area contributed by atoms with Gasteiger partial charge in [-0.2, -0.15) is 20.4 Å². The fourth-order valence-corrected chi connectivity index (χ4v) is 6.15. The van der Waals surface area contributed by atoms with Crippen molar-refractivity contribution in [3.05, 3.63) is 112 Å². The molecule has 5 aromatic carbocycles. The first-order valence-corrected chi connectivity index (χ1v) is 17.8. The van der Waals surface area contributed by atoms with Crippen molar-refractivity contribution in [1.29, 1.82) is 0 Å². The first-order valence-electron chi connectivity index (χ1n) is 14.6. The molecule has 0 aliphatic carbocycles. The van der Waals surface area contributed by atoms with Crippen LogP contribution in [0.5, 0.6) is 23.1 Å². The third-order valence-electron chi connectivity index (χ3n) is 7.13. The maximum absolute atomic E-state index is 12.4. The van der Waals surface area contributed by atoms with E-state index in [9.17, 15) is 56.5 Å². The number of azo groups is 2. The van der Waals surface area contributed by atoms with Gasteiger partial charge in [0.25, 0.3) is 5.69 Å². The van der Waals surface area contributed by atoms with Crippen molar-refractivity contribution in [3.8, 4) is 28.8 Å². The molecule has 19 nitrogen and oxygen atoms in total. The van der Waals surface area contributed by atoms with E-state index in [-0.39, 0.29) is 54.8 Å². The summed E-state index contributed by atoms with van der Waals surface area (Å²) in [6, 6.07) is 18.5. The number of halogens is 1. The summed E-state index contributed by atoms with van der Waals surface area (Å²) in [5, 5.41) is 77.2. The summed E-state index contributed by atoms with van der Waals surface area (Å²) in [6.45, 7) is 1.58. The van der Waals surface area contributed by atoms with Crippen LogP contribution in [0.3, 0.4) is 0 Å². The van der Waals surface area contributed by atoms with Gasteiger partial charge in [0.2, 0.25) is 0 Å². The molecule has 0 fully saturated rings. The summed E-state index contributed by atoms with van der Waals surface area (Å²) in [5.74, 6) is -2.49. The second-order valence-corrected chi connectivity index (χ2v) is 13.9. The number of fused-ring (bicyclic) bond motifs is 1. The Bertz CT molecular complexity index is 2750. The smallest absolute Gasteiger partial charge is 0.871 e. The number of rotatable bonds is 8. The van der Waals surface area contributed by atoms with Crippen LogP contribution in [0.1, 0.15) is 9.97 Å². The Balaban J connectivity index is 0.000000547. The molecule has 0 aliphatic heterocycles. The van der Waals surface area contributed by atoms with Gasteiger partial charge in [0.05, 0.1) is 43.2 Å². The van der Waals surface area contributed by atoms with Gasteiger partial charge in [0.1, 0.15) is 25.9 Å². The molecule has 1 heterocycles. The second-order valence-electron chi connectivity index (χ2n) is 10.7. The molecule has 0 saturated carbocycles. The quantitative estimate of drug-likeness (QED) is 0.0857. The predicted molar refractivity (Wildman–Crippen MR) is 182 cm³/mol. The molecular formula is C32H21ClCrN7O12S2. The van der Waals surface area contributed by atoms with Crippen LogP contribution >= 0.6 is 11.6 Å². The van der Waals surface area contributed by atoms with E-state index in [1.54, 1.807) is 31.2 Å². The number of hydrogen-bond acceptors (Lipinski definition) is 17. The molecule has 0 saturated heterocycles. The van der Waals surface area contributed by atoms with Gasteiger partial charge in [-0.25, -0.2) is 21.5 Å². The molecule has 0 spiro atoms. The number of aromatic nitrogens is 2. The van der Waals surface area contributed by atoms with Gasteiger partial charge in [-0.1, -0.05) is 71.3 Å². The molecule has 0 atom stereocenters. The minimum atomic E-state index is -5.33. The van der Waals surface area contributed by atoms with E-state index in [4.69, 9.17) is 11.6 Å². The van der Waals surface area contributed by atoms with Crippen LogP contribution in [-0.4, -0.2) is 40.6 Å². The molecule has 6 rings (SSSR count). The largest absolute Gasteiger partial charge is 3.00 e. The number of non-ortho nitro benzene ring substituents is 1. The average Bonchev–Trinajstić information content (AvgIpc) is 3.40. The van der Waals surface area contributed by atoms with Crippen LogP contribution < -0.4 is 20.4 Å². The van der Waals surface area contributed by atoms with E-state index in [1.165, 1.54) is 10.7 Å². The Kier molecular flexibility index (Phi) is 12.6. The molecule has 55 heavy (non-hydrogen) atoms. The minimum Gasteiger partial charge on any atom is -0.871 e. The zero-order valence-electron chi connectivity index (χ0n) is 30.3. The Morgan fingerprint density at radius 3 is 1.91 bits per heavy atom. The second kappa shape index (κ2) is 16.6. The summed E-state index contributed by atoms with van der Waals surface area (Å²) in [6.07, 6.45) is 0. The van der Waals surface area contributed by atoms with Gasteiger partial charge in [0, 0.05) is 28.4 Å². The molecule has 1 aromatic heterocycles.